The molecule has 0 amide bonds. The fraction of sp³-hybridized carbons (Fsp3) is 0.636. The third-order valence-corrected chi connectivity index (χ3v) is 2.34. The maximum absolute atomic E-state index is 5.79. The van der Waals surface area contributed by atoms with Crippen molar-refractivity contribution < 1.29 is 4.42 Å². The molecule has 0 aliphatic heterocycles. The van der Waals surface area contributed by atoms with Gasteiger partial charge >= 0.3 is 0 Å². The first-order valence-electron chi connectivity index (χ1n) is 5.31. The molecule has 0 aromatic carbocycles. The molecule has 1 unspecified atom stereocenters. The Morgan fingerprint density at radius 2 is 2.36 bits per heavy atom. The second-order valence-corrected chi connectivity index (χ2v) is 3.54. The molecule has 80 valence electrons. The monoisotopic (exact) mass is 196 g/mol. The van der Waals surface area contributed by atoms with Gasteiger partial charge in [-0.3, -0.25) is 0 Å². The molecular weight excluding hydrogens is 176 g/mol. The third-order valence-electron chi connectivity index (χ3n) is 2.34. The van der Waals surface area contributed by atoms with Gasteiger partial charge in [-0.2, -0.15) is 0 Å². The minimum absolute atomic E-state index is 0.339. The topological polar surface area (TPSA) is 51.2 Å². The maximum Gasteiger partial charge on any atom is 0.105 e. The molecule has 0 radical (unpaired) electrons. The summed E-state index contributed by atoms with van der Waals surface area (Å²) in [6, 6.07) is 4.26. The maximum atomic E-state index is 5.79. The van der Waals surface area contributed by atoms with E-state index in [-0.39, 0.29) is 0 Å². The Morgan fingerprint density at radius 1 is 1.50 bits per heavy atom. The van der Waals surface area contributed by atoms with Gasteiger partial charge in [0.25, 0.3) is 0 Å². The van der Waals surface area contributed by atoms with Crippen LogP contribution >= 0.6 is 0 Å². The number of nitrogens with one attached hydrogen (secondary N) is 1. The normalized spacial score (nSPS) is 13.0. The van der Waals surface area contributed by atoms with Crippen LogP contribution in [0.2, 0.25) is 0 Å². The lowest BCUT2D eigenvalue weighted by Crippen LogP contribution is -2.27. The van der Waals surface area contributed by atoms with Crippen LogP contribution in [0.15, 0.2) is 22.8 Å². The van der Waals surface area contributed by atoms with Gasteiger partial charge in [-0.25, -0.2) is 0 Å². The van der Waals surface area contributed by atoms with E-state index in [4.69, 9.17) is 10.2 Å². The molecule has 3 nitrogen and oxygen atoms in total. The van der Waals surface area contributed by atoms with Gasteiger partial charge in [0.05, 0.1) is 6.26 Å². The molecule has 0 spiro atoms. The number of rotatable bonds is 7. The first-order valence-corrected chi connectivity index (χ1v) is 5.31. The minimum Gasteiger partial charge on any atom is -0.469 e. The molecule has 0 aliphatic carbocycles. The molecule has 0 saturated heterocycles. The number of hydrogen-bond acceptors (Lipinski definition) is 3. The van der Waals surface area contributed by atoms with Crippen molar-refractivity contribution in [2.24, 2.45) is 5.73 Å². The van der Waals surface area contributed by atoms with Crippen molar-refractivity contribution in [3.05, 3.63) is 24.2 Å². The predicted molar refractivity (Wildman–Crippen MR) is 58.2 cm³/mol. The van der Waals surface area contributed by atoms with E-state index < -0.39 is 0 Å². The van der Waals surface area contributed by atoms with E-state index in [1.54, 1.807) is 6.26 Å². The van der Waals surface area contributed by atoms with Gasteiger partial charge in [-0.15, -0.1) is 0 Å². The van der Waals surface area contributed by atoms with Crippen LogP contribution in [0.5, 0.6) is 0 Å². The zero-order chi connectivity index (χ0) is 10.2. The summed E-state index contributed by atoms with van der Waals surface area (Å²) in [5.74, 6) is 1.04. The highest BCUT2D eigenvalue weighted by Gasteiger charge is 1.98. The lowest BCUT2D eigenvalue weighted by atomic mass is 10.2. The van der Waals surface area contributed by atoms with Crippen LogP contribution in [0.3, 0.4) is 0 Å². The second-order valence-electron chi connectivity index (χ2n) is 3.54. The van der Waals surface area contributed by atoms with Crippen LogP contribution in [-0.2, 0) is 6.42 Å². The summed E-state index contributed by atoms with van der Waals surface area (Å²) in [4.78, 5) is 0. The Hall–Kier alpha value is -0.800. The lowest BCUT2D eigenvalue weighted by molar-refractivity contribution is 0.491. The van der Waals surface area contributed by atoms with Gasteiger partial charge in [0.15, 0.2) is 0 Å². The van der Waals surface area contributed by atoms with Gasteiger partial charge in [0.2, 0.25) is 0 Å². The number of nitrogens with two attached hydrogens (primary N) is 1. The van der Waals surface area contributed by atoms with Gasteiger partial charge in [0.1, 0.15) is 5.76 Å². The van der Waals surface area contributed by atoms with E-state index in [2.05, 4.69) is 12.2 Å². The molecule has 1 aromatic rings. The molecule has 0 aliphatic rings. The molecule has 1 rings (SSSR count). The zero-order valence-corrected chi connectivity index (χ0v) is 8.83. The van der Waals surface area contributed by atoms with E-state index >= 15 is 0 Å². The third kappa shape index (κ3) is 4.44. The highest BCUT2D eigenvalue weighted by molar-refractivity contribution is 4.98. The number of furan rings is 1. The summed E-state index contributed by atoms with van der Waals surface area (Å²) < 4.78 is 5.22. The largest absolute Gasteiger partial charge is 0.469 e. The van der Waals surface area contributed by atoms with Crippen molar-refractivity contribution in [2.75, 3.05) is 13.1 Å². The van der Waals surface area contributed by atoms with Crippen LogP contribution in [-0.4, -0.2) is 19.1 Å². The molecule has 1 atom stereocenters. The Kier molecular flexibility index (Phi) is 5.33. The number of hydrogen-bond donors (Lipinski definition) is 2. The second kappa shape index (κ2) is 6.62. The van der Waals surface area contributed by atoms with Crippen LogP contribution in [0, 0.1) is 0 Å². The quantitative estimate of drug-likeness (QED) is 0.650. The van der Waals surface area contributed by atoms with Gasteiger partial charge in [0, 0.05) is 19.0 Å². The summed E-state index contributed by atoms with van der Waals surface area (Å²) in [7, 11) is 0. The summed E-state index contributed by atoms with van der Waals surface area (Å²) in [5, 5.41) is 3.35. The van der Waals surface area contributed by atoms with Gasteiger partial charge in [-0.05, 0) is 31.5 Å². The standard InChI is InChI=1S/C11H20N2O/c1-2-10(12)5-7-13-8-6-11-4-3-9-14-11/h3-4,9-10,13H,2,5-8,12H2,1H3. The molecule has 1 heterocycles. The fourth-order valence-corrected chi connectivity index (χ4v) is 1.28. The smallest absolute Gasteiger partial charge is 0.105 e. The summed E-state index contributed by atoms with van der Waals surface area (Å²) >= 11 is 0. The van der Waals surface area contributed by atoms with Crippen LogP contribution in [0.4, 0.5) is 0 Å². The minimum atomic E-state index is 0.339. The highest BCUT2D eigenvalue weighted by Crippen LogP contribution is 1.99. The van der Waals surface area contributed by atoms with Crippen molar-refractivity contribution in [3.8, 4) is 0 Å². The van der Waals surface area contributed by atoms with Crippen molar-refractivity contribution >= 4 is 0 Å². The van der Waals surface area contributed by atoms with E-state index in [9.17, 15) is 0 Å². The van der Waals surface area contributed by atoms with E-state index in [1.165, 1.54) is 0 Å². The summed E-state index contributed by atoms with van der Waals surface area (Å²) in [5.41, 5.74) is 5.79. The van der Waals surface area contributed by atoms with Crippen LogP contribution < -0.4 is 11.1 Å². The Morgan fingerprint density at radius 3 is 3.00 bits per heavy atom. The average Bonchev–Trinajstić information content (AvgIpc) is 2.69. The Bertz CT molecular complexity index is 221. The van der Waals surface area contributed by atoms with E-state index in [1.807, 2.05) is 12.1 Å². The van der Waals surface area contributed by atoms with Crippen molar-refractivity contribution in [1.82, 2.24) is 5.32 Å². The Labute approximate surface area is 85.7 Å². The molecule has 3 heteroatoms. The molecule has 3 N–H and O–H groups in total. The van der Waals surface area contributed by atoms with E-state index in [0.717, 1.165) is 38.1 Å². The first kappa shape index (κ1) is 11.3. The van der Waals surface area contributed by atoms with Crippen LogP contribution in [0.1, 0.15) is 25.5 Å². The predicted octanol–water partition coefficient (Wildman–Crippen LogP) is 1.54. The summed E-state index contributed by atoms with van der Waals surface area (Å²) in [6.07, 6.45) is 4.77. The highest BCUT2D eigenvalue weighted by atomic mass is 16.3. The van der Waals surface area contributed by atoms with Crippen LogP contribution in [0.25, 0.3) is 0 Å². The zero-order valence-electron chi connectivity index (χ0n) is 8.83. The average molecular weight is 196 g/mol. The fourth-order valence-electron chi connectivity index (χ4n) is 1.28. The molecule has 14 heavy (non-hydrogen) atoms. The first-order chi connectivity index (χ1) is 6.83. The van der Waals surface area contributed by atoms with Gasteiger partial charge < -0.3 is 15.5 Å². The summed E-state index contributed by atoms with van der Waals surface area (Å²) in [6.45, 7) is 4.08. The SMILES string of the molecule is CCC(N)CCNCCc1ccco1. The van der Waals surface area contributed by atoms with E-state index in [0.29, 0.717) is 6.04 Å². The molecular formula is C11H20N2O. The van der Waals surface area contributed by atoms with Crippen molar-refractivity contribution in [1.29, 1.82) is 0 Å². The van der Waals surface area contributed by atoms with Crippen molar-refractivity contribution in [2.45, 2.75) is 32.2 Å². The lowest BCUT2D eigenvalue weighted by Gasteiger charge is -2.08. The molecule has 0 saturated carbocycles. The molecule has 0 fully saturated rings. The molecule has 0 bridgehead atoms. The Balaban J connectivity index is 1.95. The van der Waals surface area contributed by atoms with Gasteiger partial charge in [-0.1, -0.05) is 6.92 Å². The van der Waals surface area contributed by atoms with Crippen molar-refractivity contribution in [3.63, 3.8) is 0 Å². The molecule has 1 aromatic heterocycles.